The lowest BCUT2D eigenvalue weighted by Crippen LogP contribution is -2.34. The monoisotopic (exact) mass is 565 g/mol. The lowest BCUT2D eigenvalue weighted by Gasteiger charge is -2.30. The van der Waals surface area contributed by atoms with Gasteiger partial charge in [0.2, 0.25) is 11.9 Å². The molecule has 2 aliphatic rings. The van der Waals surface area contributed by atoms with E-state index in [1.54, 1.807) is 30.7 Å². The molecule has 5 heterocycles. The summed E-state index contributed by atoms with van der Waals surface area (Å²) in [6.07, 6.45) is 10.3. The molecule has 1 saturated heterocycles. The molecule has 2 atom stereocenters. The Kier molecular flexibility index (Phi) is 7.71. The van der Waals surface area contributed by atoms with Crippen LogP contribution in [0.25, 0.3) is 0 Å². The van der Waals surface area contributed by atoms with Gasteiger partial charge in [0, 0.05) is 30.2 Å². The lowest BCUT2D eigenvalue weighted by molar-refractivity contribution is -0.117. The summed E-state index contributed by atoms with van der Waals surface area (Å²) in [4.78, 5) is 30.9. The number of nitrogens with zero attached hydrogens (tertiary/aromatic N) is 5. The van der Waals surface area contributed by atoms with Crippen molar-refractivity contribution in [1.29, 1.82) is 5.26 Å². The molecule has 1 aromatic carbocycles. The van der Waals surface area contributed by atoms with Crippen molar-refractivity contribution in [3.8, 4) is 6.07 Å². The van der Waals surface area contributed by atoms with Crippen LogP contribution in [0, 0.1) is 17.2 Å². The van der Waals surface area contributed by atoms with E-state index in [1.165, 1.54) is 0 Å². The third-order valence-electron chi connectivity index (χ3n) is 7.40. The Labute approximate surface area is 242 Å². The fourth-order valence-electron chi connectivity index (χ4n) is 5.40. The minimum atomic E-state index is -0.0473. The van der Waals surface area contributed by atoms with Gasteiger partial charge in [0.05, 0.1) is 35.4 Å². The minimum absolute atomic E-state index is 0.0339. The summed E-state index contributed by atoms with van der Waals surface area (Å²) >= 11 is 6.38. The smallest absolute Gasteiger partial charge is 0.229 e. The highest BCUT2D eigenvalue weighted by Gasteiger charge is 2.27. The van der Waals surface area contributed by atoms with E-state index in [2.05, 4.69) is 47.3 Å². The standard InChI is InChI=1S/C30H28ClN9O/c31-24-17-36-30-38-23-10-19(15-33-16-23)3-4-20-13-22(37-29(24)40-30)5-6-25(20)39-27(41)12-18-7-9-34-26(11-18)28-21(14-32)2-1-8-35-28/h1-2,5-6,8,10,13,15-18,26,34H,3-4,7,9,11-12H2,(H,39,41)(H2,36,37,38,40). The Bertz CT molecular complexity index is 1640. The van der Waals surface area contributed by atoms with Crippen LogP contribution in [-0.4, -0.2) is 32.4 Å². The van der Waals surface area contributed by atoms with E-state index in [0.717, 1.165) is 59.7 Å². The Morgan fingerprint density at radius 3 is 2.93 bits per heavy atom. The summed E-state index contributed by atoms with van der Waals surface area (Å²) in [6, 6.07) is 13.6. The molecule has 0 saturated carbocycles. The molecule has 10 nitrogen and oxygen atoms in total. The van der Waals surface area contributed by atoms with Gasteiger partial charge in [0.25, 0.3) is 0 Å². The molecule has 2 aliphatic heterocycles. The number of hydrogen-bond donors (Lipinski definition) is 4. The van der Waals surface area contributed by atoms with Crippen LogP contribution in [-0.2, 0) is 17.6 Å². The number of piperidine rings is 1. The zero-order chi connectivity index (χ0) is 28.2. The highest BCUT2D eigenvalue weighted by molar-refractivity contribution is 6.32. The number of carbonyl (C=O) groups excluding carboxylic acids is 1. The number of anilines is 5. The number of nitrogens with one attached hydrogen (secondary N) is 4. The van der Waals surface area contributed by atoms with Gasteiger partial charge in [-0.25, -0.2) is 4.98 Å². The average molecular weight is 566 g/mol. The van der Waals surface area contributed by atoms with E-state index >= 15 is 0 Å². The predicted octanol–water partition coefficient (Wildman–Crippen LogP) is 5.45. The van der Waals surface area contributed by atoms with E-state index in [1.807, 2.05) is 30.5 Å². The van der Waals surface area contributed by atoms with Crippen LogP contribution in [0.15, 0.2) is 61.2 Å². The van der Waals surface area contributed by atoms with Crippen LogP contribution >= 0.6 is 11.6 Å². The van der Waals surface area contributed by atoms with Crippen LogP contribution < -0.4 is 21.3 Å². The first-order valence-corrected chi connectivity index (χ1v) is 13.9. The molecule has 4 aromatic rings. The number of halogens is 1. The van der Waals surface area contributed by atoms with E-state index in [4.69, 9.17) is 11.6 Å². The topological polar surface area (TPSA) is 141 Å². The first-order chi connectivity index (χ1) is 20.0. The Morgan fingerprint density at radius 2 is 2.02 bits per heavy atom. The summed E-state index contributed by atoms with van der Waals surface area (Å²) in [5, 5.41) is 23.0. The van der Waals surface area contributed by atoms with E-state index in [-0.39, 0.29) is 17.9 Å². The molecule has 2 unspecified atom stereocenters. The molecule has 206 valence electrons. The van der Waals surface area contributed by atoms with Crippen LogP contribution in [0.4, 0.5) is 28.8 Å². The third-order valence-corrected chi connectivity index (χ3v) is 7.67. The number of aromatic nitrogens is 4. The van der Waals surface area contributed by atoms with Crippen LogP contribution in [0.2, 0.25) is 5.02 Å². The van der Waals surface area contributed by atoms with Crippen molar-refractivity contribution in [2.75, 3.05) is 22.5 Å². The van der Waals surface area contributed by atoms with Crippen molar-refractivity contribution in [3.05, 3.63) is 88.6 Å². The van der Waals surface area contributed by atoms with Gasteiger partial charge < -0.3 is 21.3 Å². The normalized spacial score (nSPS) is 17.9. The molecule has 3 aromatic heterocycles. The Hall–Kier alpha value is -4.59. The molecule has 0 spiro atoms. The largest absolute Gasteiger partial charge is 0.339 e. The van der Waals surface area contributed by atoms with Crippen molar-refractivity contribution >= 4 is 46.3 Å². The first kappa shape index (κ1) is 26.6. The highest BCUT2D eigenvalue weighted by atomic mass is 35.5. The second-order valence-electron chi connectivity index (χ2n) is 10.3. The lowest BCUT2D eigenvalue weighted by atomic mass is 9.87. The van der Waals surface area contributed by atoms with Gasteiger partial charge >= 0.3 is 0 Å². The van der Waals surface area contributed by atoms with Gasteiger partial charge in [-0.05, 0) is 85.7 Å². The fraction of sp³-hybridized carbons (Fsp3) is 0.267. The molecule has 1 fully saturated rings. The third kappa shape index (κ3) is 6.27. The molecule has 0 aliphatic carbocycles. The quantitative estimate of drug-likeness (QED) is 0.254. The van der Waals surface area contributed by atoms with Crippen molar-refractivity contribution in [1.82, 2.24) is 25.3 Å². The molecule has 0 radical (unpaired) electrons. The van der Waals surface area contributed by atoms with Crippen molar-refractivity contribution in [2.24, 2.45) is 5.92 Å². The summed E-state index contributed by atoms with van der Waals surface area (Å²) in [6.45, 7) is 0.769. The summed E-state index contributed by atoms with van der Waals surface area (Å²) in [5.41, 5.74) is 5.71. The SMILES string of the molecule is N#Cc1cccnc1C1CC(CC(=O)Nc2ccc3cc2CCc2cncc(c2)Nc2ncc(Cl)c(n2)N3)CCN1. The van der Waals surface area contributed by atoms with Crippen molar-refractivity contribution in [3.63, 3.8) is 0 Å². The molecule has 6 rings (SSSR count). The molecule has 6 bridgehead atoms. The molecular weight excluding hydrogens is 538 g/mol. The van der Waals surface area contributed by atoms with Gasteiger partial charge in [-0.1, -0.05) is 11.6 Å². The fourth-order valence-corrected chi connectivity index (χ4v) is 5.53. The van der Waals surface area contributed by atoms with Gasteiger partial charge in [-0.3, -0.25) is 14.8 Å². The number of nitriles is 1. The van der Waals surface area contributed by atoms with E-state index < -0.39 is 0 Å². The van der Waals surface area contributed by atoms with Crippen molar-refractivity contribution in [2.45, 2.75) is 38.1 Å². The Balaban J connectivity index is 1.20. The summed E-state index contributed by atoms with van der Waals surface area (Å²) in [5.74, 6) is 1.03. The van der Waals surface area contributed by atoms with Gasteiger partial charge in [0.1, 0.15) is 11.1 Å². The molecule has 11 heteroatoms. The van der Waals surface area contributed by atoms with Gasteiger partial charge in [-0.2, -0.15) is 10.2 Å². The first-order valence-electron chi connectivity index (χ1n) is 13.6. The number of fused-ring (bicyclic) bond motifs is 6. The highest BCUT2D eigenvalue weighted by Crippen LogP contribution is 2.32. The molecule has 41 heavy (non-hydrogen) atoms. The van der Waals surface area contributed by atoms with E-state index in [9.17, 15) is 10.1 Å². The zero-order valence-electron chi connectivity index (χ0n) is 22.2. The number of rotatable bonds is 4. The van der Waals surface area contributed by atoms with E-state index in [0.29, 0.717) is 35.2 Å². The second kappa shape index (κ2) is 11.9. The minimum Gasteiger partial charge on any atom is -0.339 e. The molecule has 4 N–H and O–H groups in total. The number of benzene rings is 1. The maximum absolute atomic E-state index is 13.3. The Morgan fingerprint density at radius 1 is 1.10 bits per heavy atom. The van der Waals surface area contributed by atoms with Gasteiger partial charge in [-0.15, -0.1) is 0 Å². The number of amides is 1. The predicted molar refractivity (Wildman–Crippen MR) is 157 cm³/mol. The van der Waals surface area contributed by atoms with Crippen LogP contribution in [0.3, 0.4) is 0 Å². The maximum Gasteiger partial charge on any atom is 0.229 e. The second-order valence-corrected chi connectivity index (χ2v) is 10.7. The average Bonchev–Trinajstić information content (AvgIpc) is 2.99. The van der Waals surface area contributed by atoms with Crippen LogP contribution in [0.5, 0.6) is 0 Å². The number of carbonyl (C=O) groups is 1. The number of pyridine rings is 2. The summed E-state index contributed by atoms with van der Waals surface area (Å²) < 4.78 is 0. The molecular formula is C30H28ClN9O. The van der Waals surface area contributed by atoms with Gasteiger partial charge in [0.15, 0.2) is 5.82 Å². The van der Waals surface area contributed by atoms with Crippen LogP contribution in [0.1, 0.15) is 47.7 Å². The van der Waals surface area contributed by atoms with Crippen molar-refractivity contribution < 1.29 is 4.79 Å². The summed E-state index contributed by atoms with van der Waals surface area (Å²) in [7, 11) is 0. The zero-order valence-corrected chi connectivity index (χ0v) is 22.9. The number of aryl methyl sites for hydroxylation is 2. The number of hydrogen-bond acceptors (Lipinski definition) is 9. The maximum atomic E-state index is 13.3. The molecule has 1 amide bonds.